The Hall–Kier alpha value is -1.97. The molecule has 0 radical (unpaired) electrons. The van der Waals surface area contributed by atoms with Crippen molar-refractivity contribution in [1.29, 1.82) is 0 Å². The van der Waals surface area contributed by atoms with E-state index in [-0.39, 0.29) is 11.5 Å². The fourth-order valence-electron chi connectivity index (χ4n) is 1.42. The van der Waals surface area contributed by atoms with E-state index in [1.54, 1.807) is 13.0 Å². The lowest BCUT2D eigenvalue weighted by Gasteiger charge is -1.90. The van der Waals surface area contributed by atoms with Gasteiger partial charge < -0.3 is 14.6 Å². The van der Waals surface area contributed by atoms with Gasteiger partial charge in [0.2, 0.25) is 5.76 Å². The molecule has 0 saturated heterocycles. The number of carboxylic acids is 1. The smallest absolute Gasteiger partial charge is 0.372 e. The lowest BCUT2D eigenvalue weighted by atomic mass is 10.1. The highest BCUT2D eigenvalue weighted by Crippen LogP contribution is 2.27. The highest BCUT2D eigenvalue weighted by Gasteiger charge is 2.16. The summed E-state index contributed by atoms with van der Waals surface area (Å²) in [7, 11) is 0. The molecule has 0 atom stereocenters. The summed E-state index contributed by atoms with van der Waals surface area (Å²) in [5.41, 5.74) is 0.965. The normalized spacial score (nSPS) is 10.6. The predicted octanol–water partition coefficient (Wildman–Crippen LogP) is 2.15. The lowest BCUT2D eigenvalue weighted by molar-refractivity contribution is 0.0664. The number of fused-ring (bicyclic) bond motifs is 1. The van der Waals surface area contributed by atoms with Crippen molar-refractivity contribution in [3.05, 3.63) is 29.5 Å². The lowest BCUT2D eigenvalue weighted by Crippen LogP contribution is -1.94. The molecule has 1 heterocycles. The number of aromatic carboxylic acids is 1. The monoisotopic (exact) mass is 192 g/mol. The Kier molecular flexibility index (Phi) is 1.70. The molecule has 2 rings (SSSR count). The third-order valence-electron chi connectivity index (χ3n) is 2.12. The zero-order valence-electron chi connectivity index (χ0n) is 7.44. The van der Waals surface area contributed by atoms with E-state index in [4.69, 9.17) is 14.6 Å². The average molecular weight is 192 g/mol. The van der Waals surface area contributed by atoms with E-state index < -0.39 is 5.97 Å². The Balaban J connectivity index is 2.79. The minimum Gasteiger partial charge on any atom is -0.508 e. The fraction of sp³-hybridized carbons (Fsp3) is 0.100. The van der Waals surface area contributed by atoms with Gasteiger partial charge in [-0.05, 0) is 19.1 Å². The summed E-state index contributed by atoms with van der Waals surface area (Å²) < 4.78 is 5.08. The molecule has 0 fully saturated rings. The van der Waals surface area contributed by atoms with Gasteiger partial charge in [-0.1, -0.05) is 0 Å². The molecule has 14 heavy (non-hydrogen) atoms. The van der Waals surface area contributed by atoms with Gasteiger partial charge in [0, 0.05) is 17.0 Å². The molecular formula is C10H8O4. The Morgan fingerprint density at radius 1 is 1.43 bits per heavy atom. The Labute approximate surface area is 79.4 Å². The third kappa shape index (κ3) is 1.12. The summed E-state index contributed by atoms with van der Waals surface area (Å²) in [6.07, 6.45) is 0. The summed E-state index contributed by atoms with van der Waals surface area (Å²) in [4.78, 5) is 10.7. The zero-order valence-corrected chi connectivity index (χ0v) is 7.44. The van der Waals surface area contributed by atoms with Crippen molar-refractivity contribution < 1.29 is 19.4 Å². The maximum atomic E-state index is 10.7. The van der Waals surface area contributed by atoms with Crippen LogP contribution in [-0.4, -0.2) is 16.2 Å². The number of hydrogen-bond acceptors (Lipinski definition) is 3. The van der Waals surface area contributed by atoms with E-state index >= 15 is 0 Å². The number of carboxylic acid groups (broad SMARTS) is 1. The molecule has 2 N–H and O–H groups in total. The van der Waals surface area contributed by atoms with Crippen LogP contribution < -0.4 is 0 Å². The maximum Gasteiger partial charge on any atom is 0.372 e. The van der Waals surface area contributed by atoms with Gasteiger partial charge in [-0.3, -0.25) is 0 Å². The Morgan fingerprint density at radius 3 is 2.79 bits per heavy atom. The van der Waals surface area contributed by atoms with Crippen LogP contribution in [0.25, 0.3) is 11.0 Å². The van der Waals surface area contributed by atoms with Gasteiger partial charge in [-0.2, -0.15) is 0 Å². The van der Waals surface area contributed by atoms with E-state index in [0.29, 0.717) is 16.5 Å². The molecule has 0 aliphatic rings. The van der Waals surface area contributed by atoms with Gasteiger partial charge in [0.05, 0.1) is 0 Å². The second-order valence-corrected chi connectivity index (χ2v) is 3.04. The van der Waals surface area contributed by atoms with Crippen molar-refractivity contribution in [1.82, 2.24) is 0 Å². The molecule has 0 saturated carbocycles. The standard InChI is InChI=1S/C10H8O4/c1-5-7-3-2-6(11)4-8(7)14-9(5)10(12)13/h2-4,11H,1H3,(H,12,13). The number of phenols is 1. The van der Waals surface area contributed by atoms with Crippen molar-refractivity contribution in [2.75, 3.05) is 0 Å². The summed E-state index contributed by atoms with van der Waals surface area (Å²) in [5.74, 6) is -1.12. The summed E-state index contributed by atoms with van der Waals surface area (Å²) in [6.45, 7) is 1.67. The molecule has 4 heteroatoms. The number of hydrogen-bond donors (Lipinski definition) is 2. The van der Waals surface area contributed by atoms with E-state index in [1.807, 2.05) is 0 Å². The van der Waals surface area contributed by atoms with Crippen LogP contribution >= 0.6 is 0 Å². The quantitative estimate of drug-likeness (QED) is 0.726. The average Bonchev–Trinajstić information content (AvgIpc) is 2.43. The first-order chi connectivity index (χ1) is 6.59. The second kappa shape index (κ2) is 2.77. The van der Waals surface area contributed by atoms with E-state index in [2.05, 4.69) is 0 Å². The number of phenolic OH excluding ortho intramolecular Hbond substituents is 1. The molecule has 0 aliphatic heterocycles. The molecule has 0 bridgehead atoms. The van der Waals surface area contributed by atoms with Crippen molar-refractivity contribution in [3.63, 3.8) is 0 Å². The molecule has 4 nitrogen and oxygen atoms in total. The van der Waals surface area contributed by atoms with Crippen LogP contribution in [0.5, 0.6) is 5.75 Å². The summed E-state index contributed by atoms with van der Waals surface area (Å²) in [6, 6.07) is 4.53. The van der Waals surface area contributed by atoms with Crippen LogP contribution in [-0.2, 0) is 0 Å². The van der Waals surface area contributed by atoms with Crippen LogP contribution in [0, 0.1) is 6.92 Å². The summed E-state index contributed by atoms with van der Waals surface area (Å²) in [5, 5.41) is 18.6. The van der Waals surface area contributed by atoms with Crippen molar-refractivity contribution in [2.45, 2.75) is 6.92 Å². The first-order valence-electron chi connectivity index (χ1n) is 4.05. The molecule has 1 aromatic heterocycles. The Morgan fingerprint density at radius 2 is 2.14 bits per heavy atom. The molecule has 0 aliphatic carbocycles. The van der Waals surface area contributed by atoms with Gasteiger partial charge in [0.25, 0.3) is 0 Å². The molecule has 1 aromatic carbocycles. The van der Waals surface area contributed by atoms with Gasteiger partial charge in [-0.15, -0.1) is 0 Å². The number of rotatable bonds is 1. The molecule has 0 unspecified atom stereocenters. The van der Waals surface area contributed by atoms with Gasteiger partial charge in [0.1, 0.15) is 11.3 Å². The minimum atomic E-state index is -1.10. The van der Waals surface area contributed by atoms with Crippen molar-refractivity contribution >= 4 is 16.9 Å². The first-order valence-corrected chi connectivity index (χ1v) is 4.05. The summed E-state index contributed by atoms with van der Waals surface area (Å²) >= 11 is 0. The maximum absolute atomic E-state index is 10.7. The molecule has 0 amide bonds. The highest BCUT2D eigenvalue weighted by atomic mass is 16.4. The Bertz CT molecular complexity index is 510. The van der Waals surface area contributed by atoms with Crippen LogP contribution in [0.2, 0.25) is 0 Å². The van der Waals surface area contributed by atoms with E-state index in [1.165, 1.54) is 12.1 Å². The minimum absolute atomic E-state index is 0.0585. The van der Waals surface area contributed by atoms with Crippen LogP contribution in [0.3, 0.4) is 0 Å². The SMILES string of the molecule is Cc1c(C(=O)O)oc2cc(O)ccc12. The number of benzene rings is 1. The van der Waals surface area contributed by atoms with Crippen LogP contribution in [0.1, 0.15) is 16.1 Å². The molecule has 72 valence electrons. The van der Waals surface area contributed by atoms with Gasteiger partial charge in [0.15, 0.2) is 0 Å². The van der Waals surface area contributed by atoms with E-state index in [0.717, 1.165) is 0 Å². The van der Waals surface area contributed by atoms with E-state index in [9.17, 15) is 4.79 Å². The number of aryl methyl sites for hydroxylation is 1. The van der Waals surface area contributed by atoms with Gasteiger partial charge >= 0.3 is 5.97 Å². The number of carbonyl (C=O) groups is 1. The zero-order chi connectivity index (χ0) is 10.3. The molecule has 0 spiro atoms. The molecular weight excluding hydrogens is 184 g/mol. The third-order valence-corrected chi connectivity index (χ3v) is 2.12. The second-order valence-electron chi connectivity index (χ2n) is 3.04. The van der Waals surface area contributed by atoms with Gasteiger partial charge in [-0.25, -0.2) is 4.79 Å². The van der Waals surface area contributed by atoms with Crippen molar-refractivity contribution in [3.8, 4) is 5.75 Å². The number of furan rings is 1. The highest BCUT2D eigenvalue weighted by molar-refractivity contribution is 5.95. The predicted molar refractivity (Wildman–Crippen MR) is 49.6 cm³/mol. The fourth-order valence-corrected chi connectivity index (χ4v) is 1.42. The van der Waals surface area contributed by atoms with Crippen LogP contribution in [0.15, 0.2) is 22.6 Å². The topological polar surface area (TPSA) is 70.7 Å². The first kappa shape index (κ1) is 8.62. The van der Waals surface area contributed by atoms with Crippen molar-refractivity contribution in [2.24, 2.45) is 0 Å². The number of aromatic hydroxyl groups is 1. The largest absolute Gasteiger partial charge is 0.508 e. The molecule has 2 aromatic rings. The van der Waals surface area contributed by atoms with Crippen LogP contribution in [0.4, 0.5) is 0 Å².